The van der Waals surface area contributed by atoms with E-state index in [0.717, 1.165) is 35.4 Å². The number of methoxy groups -OCH3 is 1. The summed E-state index contributed by atoms with van der Waals surface area (Å²) < 4.78 is 43.8. The van der Waals surface area contributed by atoms with E-state index in [9.17, 15) is 13.2 Å². The fourth-order valence-electron chi connectivity index (χ4n) is 4.44. The molecule has 1 N–H and O–H groups in total. The van der Waals surface area contributed by atoms with Gasteiger partial charge in [-0.15, -0.1) is 0 Å². The van der Waals surface area contributed by atoms with Crippen molar-refractivity contribution < 1.29 is 27.4 Å². The van der Waals surface area contributed by atoms with Crippen molar-refractivity contribution in [3.05, 3.63) is 77.0 Å². The topological polar surface area (TPSA) is 104 Å². The molecule has 1 amide bonds. The summed E-state index contributed by atoms with van der Waals surface area (Å²) in [5.41, 5.74) is 3.47. The average Bonchev–Trinajstić information content (AvgIpc) is 3.35. The second kappa shape index (κ2) is 8.64. The summed E-state index contributed by atoms with van der Waals surface area (Å²) in [5, 5.41) is -0.864. The third kappa shape index (κ3) is 4.19. The van der Waals surface area contributed by atoms with E-state index in [1.807, 2.05) is 35.9 Å². The summed E-state index contributed by atoms with van der Waals surface area (Å²) in [5.74, 6) is 2.14. The molecule has 0 bridgehead atoms. The molecule has 176 valence electrons. The van der Waals surface area contributed by atoms with Gasteiger partial charge in [0.2, 0.25) is 21.8 Å². The second-order valence-corrected chi connectivity index (χ2v) is 10.2. The molecule has 0 spiro atoms. The number of hydrogen-bond acceptors (Lipinski definition) is 7. The minimum atomic E-state index is -3.67. The minimum Gasteiger partial charge on any atom is -0.486 e. The van der Waals surface area contributed by atoms with Gasteiger partial charge in [0, 0.05) is 11.6 Å². The van der Waals surface area contributed by atoms with E-state index >= 15 is 0 Å². The van der Waals surface area contributed by atoms with Crippen molar-refractivity contribution in [2.75, 3.05) is 7.11 Å². The quantitative estimate of drug-likeness (QED) is 0.565. The largest absolute Gasteiger partial charge is 0.486 e. The summed E-state index contributed by atoms with van der Waals surface area (Å²) in [6.07, 6.45) is 1.40. The number of amides is 1. The molecule has 2 unspecified atom stereocenters. The predicted octanol–water partition coefficient (Wildman–Crippen LogP) is 4.15. The lowest BCUT2D eigenvalue weighted by molar-refractivity contribution is -0.118. The lowest BCUT2D eigenvalue weighted by atomic mass is 10.1. The van der Waals surface area contributed by atoms with E-state index in [1.54, 1.807) is 37.4 Å². The minimum absolute atomic E-state index is 0.0650. The first-order chi connectivity index (χ1) is 16.3. The molecule has 8 nitrogen and oxygen atoms in total. The summed E-state index contributed by atoms with van der Waals surface area (Å²) in [6.45, 7) is 1.87. The van der Waals surface area contributed by atoms with Crippen molar-refractivity contribution in [2.45, 2.75) is 37.5 Å². The van der Waals surface area contributed by atoms with Gasteiger partial charge in [-0.05, 0) is 55.2 Å². The molecule has 5 rings (SSSR count). The Morgan fingerprint density at radius 2 is 1.82 bits per heavy atom. The number of nitrogens with zero attached hydrogens (tertiary/aromatic N) is 1. The van der Waals surface area contributed by atoms with Crippen LogP contribution in [-0.4, -0.2) is 26.4 Å². The first-order valence-electron chi connectivity index (χ1n) is 11.0. The normalized spacial score (nSPS) is 20.5. The number of benzene rings is 2. The number of nitrogens with one attached hydrogen (secondary N) is 1. The van der Waals surface area contributed by atoms with Crippen LogP contribution in [0.25, 0.3) is 0 Å². The van der Waals surface area contributed by atoms with Gasteiger partial charge in [-0.2, -0.15) is 0 Å². The molecule has 0 saturated carbocycles. The summed E-state index contributed by atoms with van der Waals surface area (Å²) in [6, 6.07) is 16.4. The van der Waals surface area contributed by atoms with Gasteiger partial charge in [0.05, 0.1) is 19.2 Å². The van der Waals surface area contributed by atoms with Gasteiger partial charge >= 0.3 is 0 Å². The molecule has 0 radical (unpaired) electrons. The molecular weight excluding hydrogens is 456 g/mol. The summed E-state index contributed by atoms with van der Waals surface area (Å²) >= 11 is 0. The van der Waals surface area contributed by atoms with Gasteiger partial charge in [0.15, 0.2) is 0 Å². The van der Waals surface area contributed by atoms with E-state index in [0.29, 0.717) is 22.9 Å². The number of aromatic nitrogens is 1. The third-order valence-electron chi connectivity index (χ3n) is 6.15. The van der Waals surface area contributed by atoms with Crippen LogP contribution in [0.1, 0.15) is 46.6 Å². The molecule has 2 heterocycles. The molecule has 1 fully saturated rings. The van der Waals surface area contributed by atoms with Crippen LogP contribution in [0.5, 0.6) is 23.1 Å². The Bertz CT molecular complexity index is 1350. The smallest absolute Gasteiger partial charge is 0.242 e. The Kier molecular flexibility index (Phi) is 5.65. The fourth-order valence-corrected chi connectivity index (χ4v) is 5.87. The maximum absolute atomic E-state index is 12.1. The van der Waals surface area contributed by atoms with Gasteiger partial charge < -0.3 is 14.2 Å². The average molecular weight is 481 g/mol. The highest BCUT2D eigenvalue weighted by molar-refractivity contribution is 7.90. The highest BCUT2D eigenvalue weighted by Gasteiger charge is 2.37. The highest BCUT2D eigenvalue weighted by atomic mass is 32.2. The Hall–Kier alpha value is -3.59. The van der Waals surface area contributed by atoms with Crippen LogP contribution in [0.4, 0.5) is 0 Å². The van der Waals surface area contributed by atoms with Crippen molar-refractivity contribution in [3.63, 3.8) is 0 Å². The number of pyridine rings is 1. The van der Waals surface area contributed by atoms with E-state index in [1.165, 1.54) is 0 Å². The first kappa shape index (κ1) is 22.2. The number of carbonyl (C=O) groups is 1. The SMILES string of the molecule is COc1ccc(Oc2cccc3c2CCC3Oc2ccc(C3CC(=O)NS3(=O)=O)cc2)c(C)n1. The van der Waals surface area contributed by atoms with Crippen LogP contribution in [0.15, 0.2) is 54.6 Å². The van der Waals surface area contributed by atoms with E-state index in [4.69, 9.17) is 14.2 Å². The molecule has 2 aromatic carbocycles. The number of ether oxygens (including phenoxy) is 3. The number of rotatable bonds is 6. The molecule has 2 atom stereocenters. The zero-order chi connectivity index (χ0) is 23.9. The van der Waals surface area contributed by atoms with Gasteiger partial charge in [-0.3, -0.25) is 9.52 Å². The Morgan fingerprint density at radius 3 is 2.50 bits per heavy atom. The first-order valence-corrected chi connectivity index (χ1v) is 12.5. The van der Waals surface area contributed by atoms with E-state index in [2.05, 4.69) is 4.98 Å². The lowest BCUT2D eigenvalue weighted by Crippen LogP contribution is -2.21. The lowest BCUT2D eigenvalue weighted by Gasteiger charge is -2.17. The zero-order valence-electron chi connectivity index (χ0n) is 18.8. The molecule has 1 aromatic heterocycles. The van der Waals surface area contributed by atoms with Gasteiger partial charge in [0.25, 0.3) is 0 Å². The van der Waals surface area contributed by atoms with Crippen LogP contribution in [0, 0.1) is 6.92 Å². The van der Waals surface area contributed by atoms with Crippen molar-refractivity contribution in [1.29, 1.82) is 0 Å². The number of fused-ring (bicyclic) bond motifs is 1. The van der Waals surface area contributed by atoms with Crippen LogP contribution in [0.2, 0.25) is 0 Å². The third-order valence-corrected chi connectivity index (χ3v) is 7.85. The molecule has 34 heavy (non-hydrogen) atoms. The number of aryl methyl sites for hydroxylation is 1. The predicted molar refractivity (Wildman–Crippen MR) is 125 cm³/mol. The molecule has 1 aliphatic carbocycles. The summed E-state index contributed by atoms with van der Waals surface area (Å²) in [7, 11) is -2.09. The molecular formula is C25H24N2O6S. The van der Waals surface area contributed by atoms with Crippen LogP contribution in [-0.2, 0) is 21.2 Å². The van der Waals surface area contributed by atoms with Crippen molar-refractivity contribution in [1.82, 2.24) is 9.71 Å². The van der Waals surface area contributed by atoms with E-state index in [-0.39, 0.29) is 12.5 Å². The highest BCUT2D eigenvalue weighted by Crippen LogP contribution is 2.41. The maximum atomic E-state index is 12.1. The standard InChI is InChI=1S/C25H24N2O6S/c1-15-20(12-13-25(26-15)31-2)33-21-5-3-4-18-19(21)10-11-22(18)32-17-8-6-16(7-9-17)23-14-24(28)27-34(23,29)30/h3-9,12-13,22-23H,10-11,14H2,1-2H3,(H,27,28). The number of sulfonamides is 1. The molecule has 2 aliphatic rings. The zero-order valence-corrected chi connectivity index (χ0v) is 19.6. The van der Waals surface area contributed by atoms with Crippen molar-refractivity contribution >= 4 is 15.9 Å². The van der Waals surface area contributed by atoms with E-state index < -0.39 is 21.2 Å². The van der Waals surface area contributed by atoms with Crippen LogP contribution < -0.4 is 18.9 Å². The van der Waals surface area contributed by atoms with Crippen LogP contribution >= 0.6 is 0 Å². The Labute approximate surface area is 197 Å². The van der Waals surface area contributed by atoms with Gasteiger partial charge in [0.1, 0.15) is 28.6 Å². The van der Waals surface area contributed by atoms with Crippen molar-refractivity contribution in [2.24, 2.45) is 0 Å². The maximum Gasteiger partial charge on any atom is 0.242 e. The molecule has 3 aromatic rings. The molecule has 1 saturated heterocycles. The fraction of sp³-hybridized carbons (Fsp3) is 0.280. The van der Waals surface area contributed by atoms with Crippen LogP contribution in [0.3, 0.4) is 0 Å². The Morgan fingerprint density at radius 1 is 1.03 bits per heavy atom. The second-order valence-electron chi connectivity index (χ2n) is 8.34. The van der Waals surface area contributed by atoms with Gasteiger partial charge in [-0.25, -0.2) is 13.4 Å². The monoisotopic (exact) mass is 480 g/mol. The number of hydrogen-bond donors (Lipinski definition) is 1. The Balaban J connectivity index is 1.32. The number of carbonyl (C=O) groups excluding carboxylic acids is 1. The summed E-state index contributed by atoms with van der Waals surface area (Å²) in [4.78, 5) is 15.9. The molecule has 1 aliphatic heterocycles. The van der Waals surface area contributed by atoms with Crippen molar-refractivity contribution in [3.8, 4) is 23.1 Å². The molecule has 9 heteroatoms. The van der Waals surface area contributed by atoms with Gasteiger partial charge in [-0.1, -0.05) is 24.3 Å².